The quantitative estimate of drug-likeness (QED) is 0.738. The summed E-state index contributed by atoms with van der Waals surface area (Å²) >= 11 is 0. The molecule has 2 heteroatoms. The summed E-state index contributed by atoms with van der Waals surface area (Å²) in [6.07, 6.45) is 5.64. The van der Waals surface area contributed by atoms with Crippen LogP contribution in [0.5, 0.6) is 0 Å². The van der Waals surface area contributed by atoms with Crippen molar-refractivity contribution in [3.8, 4) is 0 Å². The van der Waals surface area contributed by atoms with Crippen LogP contribution in [-0.4, -0.2) is 36.6 Å². The Hall–Kier alpha value is -0.0800. The second-order valence-electron chi connectivity index (χ2n) is 5.27. The van der Waals surface area contributed by atoms with Gasteiger partial charge in [0.1, 0.15) is 0 Å². The molecular formula is C12H24N2. The van der Waals surface area contributed by atoms with Gasteiger partial charge in [-0.15, -0.1) is 0 Å². The summed E-state index contributed by atoms with van der Waals surface area (Å²) in [6.45, 7) is 8.57. The van der Waals surface area contributed by atoms with Gasteiger partial charge in [-0.2, -0.15) is 0 Å². The highest BCUT2D eigenvalue weighted by molar-refractivity contribution is 4.84. The number of nitrogens with zero attached hydrogens (tertiary/aromatic N) is 1. The normalized spacial score (nSPS) is 31.7. The van der Waals surface area contributed by atoms with E-state index in [1.807, 2.05) is 0 Å². The first-order valence-corrected chi connectivity index (χ1v) is 6.23. The summed E-state index contributed by atoms with van der Waals surface area (Å²) in [4.78, 5) is 2.66. The van der Waals surface area contributed by atoms with Crippen molar-refractivity contribution >= 4 is 0 Å². The van der Waals surface area contributed by atoms with Crippen LogP contribution >= 0.6 is 0 Å². The lowest BCUT2D eigenvalue weighted by Gasteiger charge is -2.35. The van der Waals surface area contributed by atoms with E-state index in [1.165, 1.54) is 45.3 Å². The fourth-order valence-electron chi connectivity index (χ4n) is 2.38. The number of hydrogen-bond acceptors (Lipinski definition) is 2. The molecule has 2 unspecified atom stereocenters. The highest BCUT2D eigenvalue weighted by Gasteiger charge is 2.24. The summed E-state index contributed by atoms with van der Waals surface area (Å²) in [6, 6.07) is 1.60. The third-order valence-corrected chi connectivity index (χ3v) is 3.59. The van der Waals surface area contributed by atoms with Crippen molar-refractivity contribution < 1.29 is 0 Å². The highest BCUT2D eigenvalue weighted by atomic mass is 15.2. The predicted octanol–water partition coefficient (Wildman–Crippen LogP) is 1.86. The fraction of sp³-hybridized carbons (Fsp3) is 1.00. The Kier molecular flexibility index (Phi) is 3.45. The first kappa shape index (κ1) is 10.4. The van der Waals surface area contributed by atoms with Crippen molar-refractivity contribution in [1.82, 2.24) is 10.2 Å². The minimum atomic E-state index is 0.735. The van der Waals surface area contributed by atoms with Crippen molar-refractivity contribution in [2.75, 3.05) is 19.6 Å². The van der Waals surface area contributed by atoms with Gasteiger partial charge in [0.25, 0.3) is 0 Å². The van der Waals surface area contributed by atoms with Gasteiger partial charge in [0.15, 0.2) is 0 Å². The second kappa shape index (κ2) is 4.63. The van der Waals surface area contributed by atoms with Gasteiger partial charge >= 0.3 is 0 Å². The molecule has 2 rings (SSSR count). The topological polar surface area (TPSA) is 15.3 Å². The summed E-state index contributed by atoms with van der Waals surface area (Å²) in [5.74, 6) is 0.909. The zero-order chi connectivity index (χ0) is 9.97. The van der Waals surface area contributed by atoms with E-state index in [2.05, 4.69) is 24.1 Å². The SMILES string of the molecule is CC1CCCN(C(C)CNC2CC2)C1. The third kappa shape index (κ3) is 2.96. The Bertz CT molecular complexity index is 177. The van der Waals surface area contributed by atoms with Crippen LogP contribution in [0.3, 0.4) is 0 Å². The molecule has 1 N–H and O–H groups in total. The van der Waals surface area contributed by atoms with Crippen LogP contribution in [0.15, 0.2) is 0 Å². The Balaban J connectivity index is 1.68. The predicted molar refractivity (Wildman–Crippen MR) is 60.5 cm³/mol. The molecule has 0 aromatic heterocycles. The van der Waals surface area contributed by atoms with Crippen molar-refractivity contribution in [2.24, 2.45) is 5.92 Å². The highest BCUT2D eigenvalue weighted by Crippen LogP contribution is 2.20. The van der Waals surface area contributed by atoms with Crippen LogP contribution in [0.25, 0.3) is 0 Å². The lowest BCUT2D eigenvalue weighted by molar-refractivity contribution is 0.136. The van der Waals surface area contributed by atoms with Gasteiger partial charge in [-0.05, 0) is 45.1 Å². The Morgan fingerprint density at radius 3 is 2.79 bits per heavy atom. The average Bonchev–Trinajstić information content (AvgIpc) is 2.97. The standard InChI is InChI=1S/C12H24N2/c1-10-4-3-7-14(9-10)11(2)8-13-12-5-6-12/h10-13H,3-9H2,1-2H3. The number of nitrogens with one attached hydrogen (secondary N) is 1. The van der Waals surface area contributed by atoms with Crippen LogP contribution in [0.4, 0.5) is 0 Å². The van der Waals surface area contributed by atoms with E-state index < -0.39 is 0 Å². The van der Waals surface area contributed by atoms with Crippen molar-refractivity contribution in [3.05, 3.63) is 0 Å². The van der Waals surface area contributed by atoms with E-state index in [1.54, 1.807) is 0 Å². The maximum Gasteiger partial charge on any atom is 0.0192 e. The largest absolute Gasteiger partial charge is 0.312 e. The molecule has 0 radical (unpaired) electrons. The molecule has 1 saturated carbocycles. The zero-order valence-corrected chi connectivity index (χ0v) is 9.63. The van der Waals surface area contributed by atoms with Gasteiger partial charge in [0.05, 0.1) is 0 Å². The van der Waals surface area contributed by atoms with Gasteiger partial charge in [-0.3, -0.25) is 4.90 Å². The first-order valence-electron chi connectivity index (χ1n) is 6.23. The molecule has 2 nitrogen and oxygen atoms in total. The number of hydrogen-bond donors (Lipinski definition) is 1. The summed E-state index contributed by atoms with van der Waals surface area (Å²) in [5.41, 5.74) is 0. The molecule has 14 heavy (non-hydrogen) atoms. The van der Waals surface area contributed by atoms with Gasteiger partial charge < -0.3 is 5.32 Å². The van der Waals surface area contributed by atoms with Crippen LogP contribution in [0.1, 0.15) is 39.5 Å². The maximum absolute atomic E-state index is 3.63. The van der Waals surface area contributed by atoms with Gasteiger partial charge in [-0.25, -0.2) is 0 Å². The zero-order valence-electron chi connectivity index (χ0n) is 9.63. The Labute approximate surface area is 88.1 Å². The number of rotatable bonds is 4. The number of likely N-dealkylation sites (tertiary alicyclic amines) is 1. The van der Waals surface area contributed by atoms with Crippen LogP contribution in [0.2, 0.25) is 0 Å². The molecule has 1 saturated heterocycles. The smallest absolute Gasteiger partial charge is 0.0192 e. The fourth-order valence-corrected chi connectivity index (χ4v) is 2.38. The summed E-state index contributed by atoms with van der Waals surface area (Å²) in [5, 5.41) is 3.63. The van der Waals surface area contributed by atoms with Crippen molar-refractivity contribution in [2.45, 2.75) is 51.6 Å². The van der Waals surface area contributed by atoms with E-state index in [9.17, 15) is 0 Å². The molecule has 1 heterocycles. The lowest BCUT2D eigenvalue weighted by Crippen LogP contribution is -2.45. The molecule has 0 aromatic carbocycles. The molecule has 0 bridgehead atoms. The van der Waals surface area contributed by atoms with E-state index in [-0.39, 0.29) is 0 Å². The average molecular weight is 196 g/mol. The molecule has 1 aliphatic carbocycles. The van der Waals surface area contributed by atoms with Crippen molar-refractivity contribution in [1.29, 1.82) is 0 Å². The molecule has 1 aliphatic heterocycles. The van der Waals surface area contributed by atoms with Gasteiger partial charge in [0.2, 0.25) is 0 Å². The third-order valence-electron chi connectivity index (χ3n) is 3.59. The Morgan fingerprint density at radius 1 is 1.36 bits per heavy atom. The van der Waals surface area contributed by atoms with Crippen LogP contribution in [0, 0.1) is 5.92 Å². The molecule has 0 amide bonds. The van der Waals surface area contributed by atoms with Crippen LogP contribution in [-0.2, 0) is 0 Å². The molecule has 2 atom stereocenters. The van der Waals surface area contributed by atoms with Gasteiger partial charge in [-0.1, -0.05) is 6.92 Å². The molecule has 82 valence electrons. The second-order valence-corrected chi connectivity index (χ2v) is 5.27. The maximum atomic E-state index is 3.63. The molecule has 0 spiro atoms. The van der Waals surface area contributed by atoms with E-state index in [4.69, 9.17) is 0 Å². The monoisotopic (exact) mass is 196 g/mol. The molecule has 2 fully saturated rings. The number of piperidine rings is 1. The Morgan fingerprint density at radius 2 is 2.14 bits per heavy atom. The van der Waals surface area contributed by atoms with E-state index >= 15 is 0 Å². The van der Waals surface area contributed by atoms with Crippen LogP contribution < -0.4 is 5.32 Å². The van der Waals surface area contributed by atoms with Gasteiger partial charge in [0, 0.05) is 25.2 Å². The summed E-state index contributed by atoms with van der Waals surface area (Å²) < 4.78 is 0. The van der Waals surface area contributed by atoms with E-state index in [0.717, 1.165) is 18.0 Å². The minimum absolute atomic E-state index is 0.735. The lowest BCUT2D eigenvalue weighted by atomic mass is 9.99. The summed E-state index contributed by atoms with van der Waals surface area (Å²) in [7, 11) is 0. The first-order chi connectivity index (χ1) is 6.75. The molecular weight excluding hydrogens is 172 g/mol. The van der Waals surface area contributed by atoms with E-state index in [0.29, 0.717) is 0 Å². The minimum Gasteiger partial charge on any atom is -0.312 e. The molecule has 0 aromatic rings. The molecule has 2 aliphatic rings. The van der Waals surface area contributed by atoms with Crippen molar-refractivity contribution in [3.63, 3.8) is 0 Å².